The second kappa shape index (κ2) is 6.70. The monoisotopic (exact) mass is 331 g/mol. The zero-order chi connectivity index (χ0) is 17.3. The molecule has 2 aliphatic rings. The van der Waals surface area contributed by atoms with Crippen molar-refractivity contribution in [3.05, 3.63) is 35.4 Å². The van der Waals surface area contributed by atoms with Gasteiger partial charge in [0, 0.05) is 32.7 Å². The van der Waals surface area contributed by atoms with Crippen LogP contribution in [0.2, 0.25) is 0 Å². The van der Waals surface area contributed by atoms with E-state index in [-0.39, 0.29) is 12.5 Å². The van der Waals surface area contributed by atoms with E-state index in [1.54, 1.807) is 36.1 Å². The third-order valence-corrected chi connectivity index (χ3v) is 4.67. The number of nitrogens with zero attached hydrogens (tertiary/aromatic N) is 3. The van der Waals surface area contributed by atoms with Gasteiger partial charge in [-0.1, -0.05) is 12.1 Å². The van der Waals surface area contributed by atoms with E-state index in [0.29, 0.717) is 43.9 Å². The van der Waals surface area contributed by atoms with Crippen LogP contribution in [0.3, 0.4) is 0 Å². The summed E-state index contributed by atoms with van der Waals surface area (Å²) >= 11 is 0. The molecule has 0 spiro atoms. The van der Waals surface area contributed by atoms with Crippen LogP contribution in [0.25, 0.3) is 0 Å². The highest BCUT2D eigenvalue weighted by atomic mass is 16.3. The average Bonchev–Trinajstić information content (AvgIpc) is 2.86. The number of hydrogen-bond donors (Lipinski definition) is 1. The fourth-order valence-electron chi connectivity index (χ4n) is 3.27. The normalized spacial score (nSPS) is 19.6. The van der Waals surface area contributed by atoms with Gasteiger partial charge in [-0.15, -0.1) is 0 Å². The average molecular weight is 331 g/mol. The molecule has 0 bridgehead atoms. The van der Waals surface area contributed by atoms with E-state index < -0.39 is 17.9 Å². The molecule has 2 heterocycles. The third kappa shape index (κ3) is 2.81. The fourth-order valence-corrected chi connectivity index (χ4v) is 3.27. The number of fused-ring (bicyclic) bond motifs is 1. The van der Waals surface area contributed by atoms with Crippen LogP contribution >= 0.6 is 0 Å². The van der Waals surface area contributed by atoms with Gasteiger partial charge in [0.25, 0.3) is 11.8 Å². The number of benzene rings is 1. The van der Waals surface area contributed by atoms with Crippen molar-refractivity contribution >= 4 is 17.7 Å². The second-order valence-corrected chi connectivity index (χ2v) is 6.09. The first-order valence-electron chi connectivity index (χ1n) is 8.13. The Balaban J connectivity index is 1.69. The van der Waals surface area contributed by atoms with Crippen LogP contribution in [-0.4, -0.2) is 82.9 Å². The van der Waals surface area contributed by atoms with E-state index in [9.17, 15) is 14.4 Å². The minimum atomic E-state index is -0.818. The lowest BCUT2D eigenvalue weighted by Gasteiger charge is -2.36. The predicted molar refractivity (Wildman–Crippen MR) is 86.5 cm³/mol. The van der Waals surface area contributed by atoms with Crippen molar-refractivity contribution in [2.24, 2.45) is 0 Å². The zero-order valence-corrected chi connectivity index (χ0v) is 13.6. The molecule has 7 heteroatoms. The number of carbonyl (C=O) groups is 3. The van der Waals surface area contributed by atoms with Crippen molar-refractivity contribution in [2.45, 2.75) is 13.0 Å². The fraction of sp³-hybridized carbons (Fsp3) is 0.471. The summed E-state index contributed by atoms with van der Waals surface area (Å²) in [5.41, 5.74) is 0.713. The van der Waals surface area contributed by atoms with Gasteiger partial charge < -0.3 is 10.0 Å². The summed E-state index contributed by atoms with van der Waals surface area (Å²) in [5, 5.41) is 8.97. The molecular formula is C17H21N3O4. The first-order valence-corrected chi connectivity index (χ1v) is 8.13. The summed E-state index contributed by atoms with van der Waals surface area (Å²) in [6, 6.07) is 5.82. The Labute approximate surface area is 140 Å². The van der Waals surface area contributed by atoms with Gasteiger partial charge in [-0.05, 0) is 19.1 Å². The number of aliphatic hydroxyl groups is 1. The molecule has 0 aromatic heterocycles. The van der Waals surface area contributed by atoms with Gasteiger partial charge in [0.1, 0.15) is 6.04 Å². The zero-order valence-electron chi connectivity index (χ0n) is 13.6. The molecule has 1 saturated heterocycles. The minimum absolute atomic E-state index is 0.0966. The van der Waals surface area contributed by atoms with E-state index in [1.165, 1.54) is 0 Å². The molecule has 128 valence electrons. The highest BCUT2D eigenvalue weighted by Crippen LogP contribution is 2.25. The van der Waals surface area contributed by atoms with E-state index in [1.807, 2.05) is 0 Å². The van der Waals surface area contributed by atoms with Crippen molar-refractivity contribution in [2.75, 3.05) is 39.3 Å². The number of imide groups is 1. The van der Waals surface area contributed by atoms with E-state index >= 15 is 0 Å². The maximum atomic E-state index is 12.7. The lowest BCUT2D eigenvalue weighted by molar-refractivity contribution is -0.136. The number of carbonyl (C=O) groups excluding carboxylic acids is 3. The number of aliphatic hydroxyl groups excluding tert-OH is 1. The van der Waals surface area contributed by atoms with Gasteiger partial charge in [-0.2, -0.15) is 0 Å². The highest BCUT2D eigenvalue weighted by Gasteiger charge is 2.41. The number of piperazine rings is 1. The maximum absolute atomic E-state index is 12.7. The topological polar surface area (TPSA) is 81.2 Å². The molecule has 0 radical (unpaired) electrons. The van der Waals surface area contributed by atoms with Gasteiger partial charge in [0.2, 0.25) is 5.91 Å². The number of amides is 3. The summed E-state index contributed by atoms with van der Waals surface area (Å²) in [4.78, 5) is 42.5. The lowest BCUT2D eigenvalue weighted by Crippen LogP contribution is -2.55. The molecule has 7 nitrogen and oxygen atoms in total. The van der Waals surface area contributed by atoms with Crippen molar-refractivity contribution in [1.29, 1.82) is 0 Å². The standard InChI is InChI=1S/C17H21N3O4/c1-12(15(22)19-8-6-18(7-9-19)10-11-21)20-16(23)13-4-2-3-5-14(13)17(20)24/h2-5,12,21H,6-11H2,1H3. The number of hydrogen-bond acceptors (Lipinski definition) is 5. The van der Waals surface area contributed by atoms with Gasteiger partial charge >= 0.3 is 0 Å². The molecule has 1 aromatic rings. The largest absolute Gasteiger partial charge is 0.395 e. The van der Waals surface area contributed by atoms with Crippen molar-refractivity contribution in [3.63, 3.8) is 0 Å². The molecule has 1 N–H and O–H groups in total. The predicted octanol–water partition coefficient (Wildman–Crippen LogP) is -0.192. The van der Waals surface area contributed by atoms with Crippen LogP contribution in [0.4, 0.5) is 0 Å². The van der Waals surface area contributed by atoms with Crippen LogP contribution in [0.1, 0.15) is 27.6 Å². The maximum Gasteiger partial charge on any atom is 0.262 e. The van der Waals surface area contributed by atoms with Gasteiger partial charge in [-0.25, -0.2) is 0 Å². The molecule has 1 unspecified atom stereocenters. The van der Waals surface area contributed by atoms with Crippen LogP contribution in [0.15, 0.2) is 24.3 Å². The van der Waals surface area contributed by atoms with Crippen LogP contribution in [0.5, 0.6) is 0 Å². The molecule has 0 saturated carbocycles. The first-order chi connectivity index (χ1) is 11.5. The number of β-amino-alcohol motifs (C(OH)–C–C–N with tert-alkyl or cyclic N) is 1. The SMILES string of the molecule is CC(C(=O)N1CCN(CCO)CC1)N1C(=O)c2ccccc2C1=O. The Morgan fingerprint density at radius 1 is 1.08 bits per heavy atom. The van der Waals surface area contributed by atoms with E-state index in [0.717, 1.165) is 4.90 Å². The van der Waals surface area contributed by atoms with Crippen molar-refractivity contribution in [1.82, 2.24) is 14.7 Å². The van der Waals surface area contributed by atoms with Crippen LogP contribution < -0.4 is 0 Å². The Morgan fingerprint density at radius 3 is 2.12 bits per heavy atom. The second-order valence-electron chi connectivity index (χ2n) is 6.09. The summed E-state index contributed by atoms with van der Waals surface area (Å²) in [5.74, 6) is -1.03. The van der Waals surface area contributed by atoms with Crippen LogP contribution in [0, 0.1) is 0 Å². The Hall–Kier alpha value is -2.25. The molecule has 3 rings (SSSR count). The van der Waals surface area contributed by atoms with Crippen molar-refractivity contribution < 1.29 is 19.5 Å². The minimum Gasteiger partial charge on any atom is -0.395 e. The quantitative estimate of drug-likeness (QED) is 0.774. The van der Waals surface area contributed by atoms with Gasteiger partial charge in [0.05, 0.1) is 17.7 Å². The molecule has 0 aliphatic carbocycles. The summed E-state index contributed by atoms with van der Waals surface area (Å²) in [6.45, 7) is 4.72. The van der Waals surface area contributed by atoms with Gasteiger partial charge in [0.15, 0.2) is 0 Å². The number of rotatable bonds is 4. The molecule has 2 aliphatic heterocycles. The first kappa shape index (κ1) is 16.6. The molecule has 24 heavy (non-hydrogen) atoms. The molecule has 1 atom stereocenters. The Kier molecular flexibility index (Phi) is 4.64. The summed E-state index contributed by atoms with van der Waals surface area (Å²) < 4.78 is 0. The van der Waals surface area contributed by atoms with Crippen LogP contribution in [-0.2, 0) is 4.79 Å². The molecule has 3 amide bonds. The lowest BCUT2D eigenvalue weighted by atomic mass is 10.1. The summed E-state index contributed by atoms with van der Waals surface area (Å²) in [6.07, 6.45) is 0. The highest BCUT2D eigenvalue weighted by molar-refractivity contribution is 6.22. The smallest absolute Gasteiger partial charge is 0.262 e. The molecule has 1 fully saturated rings. The Morgan fingerprint density at radius 2 is 1.62 bits per heavy atom. The molecular weight excluding hydrogens is 310 g/mol. The summed E-state index contributed by atoms with van der Waals surface area (Å²) in [7, 11) is 0. The van der Waals surface area contributed by atoms with E-state index in [2.05, 4.69) is 4.90 Å². The van der Waals surface area contributed by atoms with E-state index in [4.69, 9.17) is 5.11 Å². The van der Waals surface area contributed by atoms with Gasteiger partial charge in [-0.3, -0.25) is 24.2 Å². The third-order valence-electron chi connectivity index (χ3n) is 4.67. The van der Waals surface area contributed by atoms with Crippen molar-refractivity contribution in [3.8, 4) is 0 Å². The molecule has 1 aromatic carbocycles. The Bertz CT molecular complexity index is 633.